The van der Waals surface area contributed by atoms with Crippen molar-refractivity contribution in [2.45, 2.75) is 12.5 Å². The maximum atomic E-state index is 11.3. The first kappa shape index (κ1) is 16.5. The van der Waals surface area contributed by atoms with Gasteiger partial charge in [0.05, 0.1) is 6.04 Å². The number of benzene rings is 2. The lowest BCUT2D eigenvalue weighted by Gasteiger charge is -2.20. The van der Waals surface area contributed by atoms with Crippen molar-refractivity contribution in [1.29, 1.82) is 0 Å². The van der Waals surface area contributed by atoms with E-state index < -0.39 is 12.1 Å². The van der Waals surface area contributed by atoms with E-state index in [1.54, 1.807) is 36.7 Å². The maximum absolute atomic E-state index is 11.3. The lowest BCUT2D eigenvalue weighted by atomic mass is 9.93. The van der Waals surface area contributed by atoms with Crippen molar-refractivity contribution in [3.05, 3.63) is 84.2 Å². The van der Waals surface area contributed by atoms with E-state index in [2.05, 4.69) is 10.3 Å². The molecule has 0 aliphatic carbocycles. The minimum absolute atomic E-state index is 0.184. The molecule has 0 spiro atoms. The third-order valence-electron chi connectivity index (χ3n) is 3.99. The second kappa shape index (κ2) is 7.49. The molecule has 2 aromatic carbocycles. The summed E-state index contributed by atoms with van der Waals surface area (Å²) in [5.74, 6) is 0.184. The summed E-state index contributed by atoms with van der Waals surface area (Å²) >= 11 is 0. The van der Waals surface area contributed by atoms with E-state index >= 15 is 0 Å². The van der Waals surface area contributed by atoms with Crippen LogP contribution in [0.2, 0.25) is 0 Å². The van der Waals surface area contributed by atoms with Gasteiger partial charge in [-0.3, -0.25) is 4.98 Å². The van der Waals surface area contributed by atoms with E-state index in [0.29, 0.717) is 6.42 Å². The lowest BCUT2D eigenvalue weighted by Crippen LogP contribution is -2.28. The molecule has 3 aromatic rings. The van der Waals surface area contributed by atoms with Gasteiger partial charge in [-0.25, -0.2) is 4.79 Å². The highest BCUT2D eigenvalue weighted by molar-refractivity contribution is 5.70. The van der Waals surface area contributed by atoms with Gasteiger partial charge in [-0.05, 0) is 41.3 Å². The quantitative estimate of drug-likeness (QED) is 0.658. The van der Waals surface area contributed by atoms with Crippen LogP contribution >= 0.6 is 0 Å². The zero-order valence-corrected chi connectivity index (χ0v) is 13.5. The number of aromatic hydroxyl groups is 1. The summed E-state index contributed by atoms with van der Waals surface area (Å²) in [6, 6.07) is 17.9. The summed E-state index contributed by atoms with van der Waals surface area (Å²) in [6.45, 7) is 0. The molecule has 3 N–H and O–H groups in total. The van der Waals surface area contributed by atoms with Crippen molar-refractivity contribution >= 4 is 6.09 Å². The number of aromatic nitrogens is 1. The topological polar surface area (TPSA) is 82.5 Å². The lowest BCUT2D eigenvalue weighted by molar-refractivity contribution is 0.190. The number of carbonyl (C=O) groups is 1. The molecule has 126 valence electrons. The van der Waals surface area contributed by atoms with Gasteiger partial charge in [0.15, 0.2) is 0 Å². The predicted molar refractivity (Wildman–Crippen MR) is 95.4 cm³/mol. The van der Waals surface area contributed by atoms with Crippen molar-refractivity contribution in [2.75, 3.05) is 0 Å². The van der Waals surface area contributed by atoms with Crippen LogP contribution in [0.1, 0.15) is 17.2 Å². The van der Waals surface area contributed by atoms with E-state index in [4.69, 9.17) is 0 Å². The molecule has 1 heterocycles. The number of phenols is 1. The molecule has 3 rings (SSSR count). The third-order valence-corrected chi connectivity index (χ3v) is 3.99. The third kappa shape index (κ3) is 4.14. The number of hydrogen-bond acceptors (Lipinski definition) is 3. The predicted octanol–water partition coefficient (Wildman–Crippen LogP) is 4.01. The number of nitrogens with one attached hydrogen (secondary N) is 1. The molecule has 0 aliphatic heterocycles. The monoisotopic (exact) mass is 334 g/mol. The van der Waals surface area contributed by atoms with Crippen LogP contribution in [0.3, 0.4) is 0 Å². The summed E-state index contributed by atoms with van der Waals surface area (Å²) in [7, 11) is 0. The van der Waals surface area contributed by atoms with Crippen molar-refractivity contribution in [3.63, 3.8) is 0 Å². The Morgan fingerprint density at radius 2 is 1.76 bits per heavy atom. The Labute approximate surface area is 145 Å². The first-order valence-electron chi connectivity index (χ1n) is 7.90. The second-order valence-corrected chi connectivity index (χ2v) is 5.70. The molecule has 0 radical (unpaired) electrons. The van der Waals surface area contributed by atoms with Gasteiger partial charge in [-0.2, -0.15) is 0 Å². The number of hydrogen-bond donors (Lipinski definition) is 3. The standard InChI is InChI=1S/C20H18N2O3/c23-16-8-6-15(7-9-16)17-10-11-21-13-18(17)19(22-20(24)25)12-14-4-2-1-3-5-14/h1-11,13,19,22-23H,12H2,(H,24,25)/t19-/m1/s1. The molecule has 25 heavy (non-hydrogen) atoms. The maximum Gasteiger partial charge on any atom is 0.405 e. The molecular weight excluding hydrogens is 316 g/mol. The molecule has 0 saturated heterocycles. The largest absolute Gasteiger partial charge is 0.508 e. The molecule has 1 aromatic heterocycles. The summed E-state index contributed by atoms with van der Waals surface area (Å²) in [4.78, 5) is 15.5. The Hall–Kier alpha value is -3.34. The van der Waals surface area contributed by atoms with Crippen LogP contribution in [0.5, 0.6) is 5.75 Å². The Balaban J connectivity index is 2.00. The van der Waals surface area contributed by atoms with E-state index in [-0.39, 0.29) is 5.75 Å². The van der Waals surface area contributed by atoms with E-state index in [1.807, 2.05) is 36.4 Å². The number of nitrogens with zero attached hydrogens (tertiary/aromatic N) is 1. The average Bonchev–Trinajstić information content (AvgIpc) is 2.62. The summed E-state index contributed by atoms with van der Waals surface area (Å²) in [5, 5.41) is 21.3. The van der Waals surface area contributed by atoms with Gasteiger partial charge in [-0.1, -0.05) is 42.5 Å². The first-order valence-corrected chi connectivity index (χ1v) is 7.90. The first-order chi connectivity index (χ1) is 12.1. The molecule has 1 atom stereocenters. The van der Waals surface area contributed by atoms with Gasteiger partial charge >= 0.3 is 6.09 Å². The number of phenolic OH excluding ortho intramolecular Hbond substituents is 1. The zero-order valence-electron chi connectivity index (χ0n) is 13.5. The SMILES string of the molecule is O=C(O)N[C@H](Cc1ccccc1)c1cnccc1-c1ccc(O)cc1. The Morgan fingerprint density at radius 3 is 2.44 bits per heavy atom. The Kier molecular flexibility index (Phi) is 4.95. The van der Waals surface area contributed by atoms with Crippen LogP contribution in [-0.4, -0.2) is 21.3 Å². The van der Waals surface area contributed by atoms with Crippen LogP contribution in [0.4, 0.5) is 4.79 Å². The molecule has 5 heteroatoms. The van der Waals surface area contributed by atoms with Crippen LogP contribution in [0.15, 0.2) is 73.1 Å². The van der Waals surface area contributed by atoms with Crippen molar-refractivity contribution < 1.29 is 15.0 Å². The minimum Gasteiger partial charge on any atom is -0.508 e. The molecule has 0 aliphatic rings. The molecule has 0 unspecified atom stereocenters. The fraction of sp³-hybridized carbons (Fsp3) is 0.100. The Bertz CT molecular complexity index is 848. The molecular formula is C20H18N2O3. The van der Waals surface area contributed by atoms with Gasteiger partial charge in [0, 0.05) is 18.0 Å². The fourth-order valence-electron chi connectivity index (χ4n) is 2.83. The van der Waals surface area contributed by atoms with Crippen molar-refractivity contribution in [3.8, 4) is 16.9 Å². The zero-order chi connectivity index (χ0) is 17.6. The van der Waals surface area contributed by atoms with Crippen LogP contribution in [0.25, 0.3) is 11.1 Å². The second-order valence-electron chi connectivity index (χ2n) is 5.70. The van der Waals surface area contributed by atoms with Crippen LogP contribution < -0.4 is 5.32 Å². The number of pyridine rings is 1. The number of carboxylic acid groups (broad SMARTS) is 1. The van der Waals surface area contributed by atoms with Gasteiger partial charge in [0.1, 0.15) is 5.75 Å². The summed E-state index contributed by atoms with van der Waals surface area (Å²) in [5.41, 5.74) is 3.59. The summed E-state index contributed by atoms with van der Waals surface area (Å²) in [6.07, 6.45) is 2.79. The smallest absolute Gasteiger partial charge is 0.405 e. The Morgan fingerprint density at radius 1 is 1.04 bits per heavy atom. The highest BCUT2D eigenvalue weighted by Crippen LogP contribution is 2.30. The van der Waals surface area contributed by atoms with Crippen LogP contribution in [0, 0.1) is 0 Å². The molecule has 0 fully saturated rings. The average molecular weight is 334 g/mol. The van der Waals surface area contributed by atoms with Gasteiger partial charge in [-0.15, -0.1) is 0 Å². The molecule has 0 saturated carbocycles. The van der Waals surface area contributed by atoms with E-state index in [1.165, 1.54) is 0 Å². The summed E-state index contributed by atoms with van der Waals surface area (Å²) < 4.78 is 0. The fourth-order valence-corrected chi connectivity index (χ4v) is 2.83. The highest BCUT2D eigenvalue weighted by atomic mass is 16.4. The van der Waals surface area contributed by atoms with Crippen molar-refractivity contribution in [1.82, 2.24) is 10.3 Å². The van der Waals surface area contributed by atoms with E-state index in [9.17, 15) is 15.0 Å². The van der Waals surface area contributed by atoms with Gasteiger partial charge < -0.3 is 15.5 Å². The van der Waals surface area contributed by atoms with Gasteiger partial charge in [0.2, 0.25) is 0 Å². The normalized spacial score (nSPS) is 11.7. The molecule has 5 nitrogen and oxygen atoms in total. The molecule has 0 bridgehead atoms. The number of amides is 1. The number of rotatable bonds is 5. The van der Waals surface area contributed by atoms with Crippen molar-refractivity contribution in [2.24, 2.45) is 0 Å². The van der Waals surface area contributed by atoms with Gasteiger partial charge in [0.25, 0.3) is 0 Å². The highest BCUT2D eigenvalue weighted by Gasteiger charge is 2.19. The minimum atomic E-state index is -1.08. The molecule has 1 amide bonds. The van der Waals surface area contributed by atoms with Crippen LogP contribution in [-0.2, 0) is 6.42 Å². The van der Waals surface area contributed by atoms with E-state index in [0.717, 1.165) is 22.3 Å².